The van der Waals surface area contributed by atoms with Crippen molar-refractivity contribution in [3.05, 3.63) is 18.0 Å². The van der Waals surface area contributed by atoms with Gasteiger partial charge >= 0.3 is 0 Å². The van der Waals surface area contributed by atoms with Crippen molar-refractivity contribution in [2.45, 2.75) is 32.7 Å². The Morgan fingerprint density at radius 1 is 1.69 bits per heavy atom. The van der Waals surface area contributed by atoms with Crippen molar-refractivity contribution >= 4 is 5.78 Å². The Balaban J connectivity index is 1.94. The number of nitrogens with zero attached hydrogens (tertiary/aromatic N) is 2. The summed E-state index contributed by atoms with van der Waals surface area (Å²) in [5.41, 5.74) is 0.900. The molecule has 0 radical (unpaired) electrons. The normalized spacial score (nSPS) is 18.1. The van der Waals surface area contributed by atoms with Gasteiger partial charge < -0.3 is 5.32 Å². The first-order valence-corrected chi connectivity index (χ1v) is 5.98. The molecule has 4 heteroatoms. The molecule has 2 heterocycles. The van der Waals surface area contributed by atoms with E-state index in [1.165, 1.54) is 0 Å². The van der Waals surface area contributed by atoms with Gasteiger partial charge in [0.05, 0.1) is 12.1 Å². The summed E-state index contributed by atoms with van der Waals surface area (Å²) < 4.78 is 1.95. The van der Waals surface area contributed by atoms with Crippen LogP contribution in [0, 0.1) is 5.92 Å². The Kier molecular flexibility index (Phi) is 3.39. The number of nitrogens with one attached hydrogen (secondary N) is 1. The molecule has 0 saturated carbocycles. The van der Waals surface area contributed by atoms with Crippen molar-refractivity contribution < 1.29 is 4.79 Å². The second-order valence-corrected chi connectivity index (χ2v) is 4.54. The predicted octanol–water partition coefficient (Wildman–Crippen LogP) is 1.19. The number of hydrogen-bond acceptors (Lipinski definition) is 3. The van der Waals surface area contributed by atoms with Gasteiger partial charge in [-0.25, -0.2) is 0 Å². The van der Waals surface area contributed by atoms with Crippen LogP contribution in [0.5, 0.6) is 0 Å². The fourth-order valence-electron chi connectivity index (χ4n) is 1.74. The van der Waals surface area contributed by atoms with Crippen LogP contribution in [0.15, 0.2) is 12.3 Å². The van der Waals surface area contributed by atoms with Gasteiger partial charge in [-0.15, -0.1) is 0 Å². The van der Waals surface area contributed by atoms with Crippen LogP contribution in [0.3, 0.4) is 0 Å². The third-order valence-electron chi connectivity index (χ3n) is 3.30. The van der Waals surface area contributed by atoms with Crippen LogP contribution in [0.2, 0.25) is 0 Å². The molecule has 1 aliphatic heterocycles. The molecule has 0 aliphatic carbocycles. The molecule has 88 valence electrons. The molecule has 0 amide bonds. The van der Waals surface area contributed by atoms with Crippen molar-refractivity contribution in [1.82, 2.24) is 15.1 Å². The van der Waals surface area contributed by atoms with Gasteiger partial charge in [-0.3, -0.25) is 9.48 Å². The highest BCUT2D eigenvalue weighted by Crippen LogP contribution is 2.12. The van der Waals surface area contributed by atoms with Gasteiger partial charge in [-0.1, -0.05) is 6.92 Å². The van der Waals surface area contributed by atoms with Gasteiger partial charge in [0.1, 0.15) is 5.78 Å². The lowest BCUT2D eigenvalue weighted by molar-refractivity contribution is -0.123. The number of aromatic nitrogens is 2. The fourth-order valence-corrected chi connectivity index (χ4v) is 1.74. The van der Waals surface area contributed by atoms with E-state index >= 15 is 0 Å². The molecule has 1 saturated heterocycles. The molecule has 1 aromatic heterocycles. The SMILES string of the molecule is CCC(C)n1ccc(CC(=O)C2CNC2)n1. The summed E-state index contributed by atoms with van der Waals surface area (Å²) in [6, 6.07) is 2.37. The van der Waals surface area contributed by atoms with E-state index in [0.29, 0.717) is 18.2 Å². The topological polar surface area (TPSA) is 46.9 Å². The van der Waals surface area contributed by atoms with Gasteiger partial charge in [0.2, 0.25) is 0 Å². The van der Waals surface area contributed by atoms with Crippen LogP contribution in [0.25, 0.3) is 0 Å². The molecule has 1 unspecified atom stereocenters. The monoisotopic (exact) mass is 221 g/mol. The second-order valence-electron chi connectivity index (χ2n) is 4.54. The summed E-state index contributed by atoms with van der Waals surface area (Å²) in [5, 5.41) is 7.55. The fraction of sp³-hybridized carbons (Fsp3) is 0.667. The lowest BCUT2D eigenvalue weighted by atomic mass is 9.95. The van der Waals surface area contributed by atoms with Crippen LogP contribution in [0.1, 0.15) is 32.0 Å². The van der Waals surface area contributed by atoms with E-state index in [1.807, 2.05) is 16.9 Å². The van der Waals surface area contributed by atoms with E-state index in [0.717, 1.165) is 25.2 Å². The zero-order valence-corrected chi connectivity index (χ0v) is 9.94. The molecule has 16 heavy (non-hydrogen) atoms. The number of Topliss-reactive ketones (excluding diaryl/α,β-unsaturated/α-hetero) is 1. The number of carbonyl (C=O) groups excluding carboxylic acids is 1. The first kappa shape index (κ1) is 11.3. The summed E-state index contributed by atoms with van der Waals surface area (Å²) in [6.45, 7) is 5.95. The molecule has 1 fully saturated rings. The van der Waals surface area contributed by atoms with E-state index in [-0.39, 0.29) is 5.92 Å². The summed E-state index contributed by atoms with van der Waals surface area (Å²) in [6.07, 6.45) is 3.51. The van der Waals surface area contributed by atoms with Gasteiger partial charge in [-0.2, -0.15) is 5.10 Å². The van der Waals surface area contributed by atoms with Gasteiger partial charge in [-0.05, 0) is 19.4 Å². The van der Waals surface area contributed by atoms with Gasteiger partial charge in [0.15, 0.2) is 0 Å². The standard InChI is InChI=1S/C12H19N3O/c1-3-9(2)15-5-4-11(14-15)6-12(16)10-7-13-8-10/h4-5,9-10,13H,3,6-8H2,1-2H3. The first-order chi connectivity index (χ1) is 7.70. The van der Waals surface area contributed by atoms with Crippen molar-refractivity contribution in [3.8, 4) is 0 Å². The minimum atomic E-state index is 0.216. The number of rotatable bonds is 5. The van der Waals surface area contributed by atoms with Crippen LogP contribution >= 0.6 is 0 Å². The highest BCUT2D eigenvalue weighted by Gasteiger charge is 2.25. The highest BCUT2D eigenvalue weighted by molar-refractivity contribution is 5.84. The molecular formula is C12H19N3O. The molecule has 1 N–H and O–H groups in total. The zero-order valence-electron chi connectivity index (χ0n) is 9.94. The van der Waals surface area contributed by atoms with Crippen LogP contribution in [0.4, 0.5) is 0 Å². The molecule has 1 aromatic rings. The maximum atomic E-state index is 11.8. The van der Waals surface area contributed by atoms with E-state index in [2.05, 4.69) is 24.3 Å². The Labute approximate surface area is 96.0 Å². The lowest BCUT2D eigenvalue weighted by Crippen LogP contribution is -2.47. The average molecular weight is 221 g/mol. The minimum Gasteiger partial charge on any atom is -0.315 e. The van der Waals surface area contributed by atoms with Crippen molar-refractivity contribution in [1.29, 1.82) is 0 Å². The molecule has 1 aliphatic rings. The smallest absolute Gasteiger partial charge is 0.144 e. The largest absolute Gasteiger partial charge is 0.315 e. The van der Waals surface area contributed by atoms with Crippen molar-refractivity contribution in [3.63, 3.8) is 0 Å². The van der Waals surface area contributed by atoms with E-state index in [1.54, 1.807) is 0 Å². The maximum Gasteiger partial charge on any atom is 0.144 e. The Morgan fingerprint density at radius 2 is 2.44 bits per heavy atom. The Morgan fingerprint density at radius 3 is 3.00 bits per heavy atom. The Hall–Kier alpha value is -1.16. The number of hydrogen-bond donors (Lipinski definition) is 1. The molecule has 0 bridgehead atoms. The third-order valence-corrected chi connectivity index (χ3v) is 3.30. The third kappa shape index (κ3) is 2.32. The van der Waals surface area contributed by atoms with E-state index in [9.17, 15) is 4.79 Å². The van der Waals surface area contributed by atoms with E-state index < -0.39 is 0 Å². The van der Waals surface area contributed by atoms with Gasteiger partial charge in [0.25, 0.3) is 0 Å². The average Bonchev–Trinajstić information content (AvgIpc) is 2.62. The maximum absolute atomic E-state index is 11.8. The summed E-state index contributed by atoms with van der Waals surface area (Å²) in [7, 11) is 0. The summed E-state index contributed by atoms with van der Waals surface area (Å²) >= 11 is 0. The molecule has 0 aromatic carbocycles. The molecule has 1 atom stereocenters. The van der Waals surface area contributed by atoms with Crippen molar-refractivity contribution in [2.24, 2.45) is 5.92 Å². The van der Waals surface area contributed by atoms with Crippen LogP contribution in [-0.2, 0) is 11.2 Å². The molecule has 0 spiro atoms. The Bertz CT molecular complexity index is 368. The summed E-state index contributed by atoms with van der Waals surface area (Å²) in [4.78, 5) is 11.8. The van der Waals surface area contributed by atoms with Crippen LogP contribution < -0.4 is 5.32 Å². The second kappa shape index (κ2) is 4.78. The van der Waals surface area contributed by atoms with Crippen molar-refractivity contribution in [2.75, 3.05) is 13.1 Å². The van der Waals surface area contributed by atoms with Gasteiger partial charge in [0, 0.05) is 31.2 Å². The first-order valence-electron chi connectivity index (χ1n) is 5.98. The van der Waals surface area contributed by atoms with E-state index in [4.69, 9.17) is 0 Å². The molecular weight excluding hydrogens is 202 g/mol. The molecule has 4 nitrogen and oxygen atoms in total. The summed E-state index contributed by atoms with van der Waals surface area (Å²) in [5.74, 6) is 0.530. The molecule has 2 rings (SSSR count). The number of ketones is 1. The van der Waals surface area contributed by atoms with Crippen LogP contribution in [-0.4, -0.2) is 28.7 Å². The minimum absolute atomic E-state index is 0.216. The lowest BCUT2D eigenvalue weighted by Gasteiger charge is -2.25. The predicted molar refractivity (Wildman–Crippen MR) is 62.3 cm³/mol. The number of carbonyl (C=O) groups is 1. The zero-order chi connectivity index (χ0) is 11.5. The highest BCUT2D eigenvalue weighted by atomic mass is 16.1. The quantitative estimate of drug-likeness (QED) is 0.812.